The van der Waals surface area contributed by atoms with Gasteiger partial charge in [-0.25, -0.2) is 4.79 Å². The third kappa shape index (κ3) is 4.60. The van der Waals surface area contributed by atoms with E-state index in [4.69, 9.17) is 10.2 Å². The summed E-state index contributed by atoms with van der Waals surface area (Å²) in [6, 6.07) is -1.43. The number of nitrogens with zero attached hydrogens (tertiary/aromatic N) is 3. The molecule has 9 nitrogen and oxygen atoms in total. The van der Waals surface area contributed by atoms with Gasteiger partial charge >= 0.3 is 11.9 Å². The van der Waals surface area contributed by atoms with Crippen molar-refractivity contribution in [3.8, 4) is 0 Å². The van der Waals surface area contributed by atoms with Crippen molar-refractivity contribution in [3.05, 3.63) is 12.4 Å². The fourth-order valence-electron chi connectivity index (χ4n) is 1.21. The van der Waals surface area contributed by atoms with Crippen molar-refractivity contribution in [2.45, 2.75) is 25.4 Å². The summed E-state index contributed by atoms with van der Waals surface area (Å²) in [4.78, 5) is 32.5. The van der Waals surface area contributed by atoms with Crippen LogP contribution in [0.15, 0.2) is 12.4 Å². The lowest BCUT2D eigenvalue weighted by atomic mass is 10.2. The summed E-state index contributed by atoms with van der Waals surface area (Å²) in [5.74, 6) is -3.23. The molecule has 1 heterocycles. The number of aliphatic carboxylic acids is 2. The Morgan fingerprint density at radius 2 is 2.06 bits per heavy atom. The SMILES string of the molecule is O=C(O)C[C@@H](NC(=O)CCn1ccnn1)C(=O)O. The molecule has 0 unspecified atom stereocenters. The molecule has 18 heavy (non-hydrogen) atoms. The van der Waals surface area contributed by atoms with Crippen LogP contribution in [0.4, 0.5) is 0 Å². The number of carbonyl (C=O) groups excluding carboxylic acids is 1. The number of aryl methyl sites for hydroxylation is 1. The van der Waals surface area contributed by atoms with Crippen LogP contribution in [0.1, 0.15) is 12.8 Å². The average Bonchev–Trinajstić information content (AvgIpc) is 2.77. The van der Waals surface area contributed by atoms with Crippen molar-refractivity contribution in [1.29, 1.82) is 0 Å². The van der Waals surface area contributed by atoms with Crippen molar-refractivity contribution < 1.29 is 24.6 Å². The molecule has 0 aromatic carbocycles. The van der Waals surface area contributed by atoms with Gasteiger partial charge in [0, 0.05) is 12.6 Å². The summed E-state index contributed by atoms with van der Waals surface area (Å²) < 4.78 is 1.41. The van der Waals surface area contributed by atoms with Crippen LogP contribution in [0.25, 0.3) is 0 Å². The number of carbonyl (C=O) groups is 3. The van der Waals surface area contributed by atoms with E-state index in [0.29, 0.717) is 0 Å². The minimum absolute atomic E-state index is 0.00718. The van der Waals surface area contributed by atoms with Crippen LogP contribution in [-0.4, -0.2) is 49.1 Å². The number of hydrogen-bond acceptors (Lipinski definition) is 5. The maximum Gasteiger partial charge on any atom is 0.326 e. The summed E-state index contributed by atoms with van der Waals surface area (Å²) in [5.41, 5.74) is 0. The zero-order valence-corrected chi connectivity index (χ0v) is 9.31. The predicted octanol–water partition coefficient (Wildman–Crippen LogP) is -1.29. The zero-order chi connectivity index (χ0) is 13.5. The molecule has 0 fully saturated rings. The molecule has 3 N–H and O–H groups in total. The first-order chi connectivity index (χ1) is 8.49. The molecular weight excluding hydrogens is 244 g/mol. The van der Waals surface area contributed by atoms with Gasteiger partial charge in [-0.05, 0) is 0 Å². The molecule has 0 aliphatic heterocycles. The Balaban J connectivity index is 2.41. The van der Waals surface area contributed by atoms with Crippen molar-refractivity contribution in [3.63, 3.8) is 0 Å². The van der Waals surface area contributed by atoms with Gasteiger partial charge in [-0.2, -0.15) is 0 Å². The molecule has 0 radical (unpaired) electrons. The van der Waals surface area contributed by atoms with E-state index in [0.717, 1.165) is 0 Å². The third-order valence-electron chi connectivity index (χ3n) is 2.05. The Bertz CT molecular complexity index is 430. The molecule has 1 amide bonds. The van der Waals surface area contributed by atoms with Gasteiger partial charge in [0.2, 0.25) is 5.91 Å². The average molecular weight is 256 g/mol. The van der Waals surface area contributed by atoms with E-state index >= 15 is 0 Å². The second-order valence-corrected chi connectivity index (χ2v) is 3.47. The Hall–Kier alpha value is -2.45. The fourth-order valence-corrected chi connectivity index (χ4v) is 1.21. The minimum atomic E-state index is -1.43. The first-order valence-electron chi connectivity index (χ1n) is 5.07. The molecule has 0 saturated heterocycles. The molecule has 98 valence electrons. The normalized spacial score (nSPS) is 11.8. The number of amides is 1. The minimum Gasteiger partial charge on any atom is -0.481 e. The van der Waals surface area contributed by atoms with Gasteiger partial charge in [-0.1, -0.05) is 5.21 Å². The van der Waals surface area contributed by atoms with Gasteiger partial charge in [-0.15, -0.1) is 5.10 Å². The van der Waals surface area contributed by atoms with Crippen LogP contribution in [-0.2, 0) is 20.9 Å². The van der Waals surface area contributed by atoms with E-state index in [-0.39, 0.29) is 13.0 Å². The quantitative estimate of drug-likeness (QED) is 0.552. The van der Waals surface area contributed by atoms with E-state index in [2.05, 4.69) is 15.6 Å². The van der Waals surface area contributed by atoms with E-state index in [1.54, 1.807) is 6.20 Å². The van der Waals surface area contributed by atoms with Crippen LogP contribution in [0.2, 0.25) is 0 Å². The third-order valence-corrected chi connectivity index (χ3v) is 2.05. The van der Waals surface area contributed by atoms with Crippen LogP contribution in [0, 0.1) is 0 Å². The van der Waals surface area contributed by atoms with E-state index in [1.807, 2.05) is 0 Å². The van der Waals surface area contributed by atoms with Gasteiger partial charge in [0.15, 0.2) is 0 Å². The maximum atomic E-state index is 11.4. The van der Waals surface area contributed by atoms with Crippen molar-refractivity contribution in [2.75, 3.05) is 0 Å². The van der Waals surface area contributed by atoms with Gasteiger partial charge < -0.3 is 15.5 Å². The number of carboxylic acids is 2. The number of rotatable bonds is 7. The molecule has 0 aliphatic rings. The molecule has 1 atom stereocenters. The maximum absolute atomic E-state index is 11.4. The smallest absolute Gasteiger partial charge is 0.326 e. The lowest BCUT2D eigenvalue weighted by Crippen LogP contribution is -2.42. The monoisotopic (exact) mass is 256 g/mol. The molecule has 0 spiro atoms. The molecule has 1 aromatic rings. The summed E-state index contributed by atoms with van der Waals surface area (Å²) in [6.07, 6.45) is 2.33. The largest absolute Gasteiger partial charge is 0.481 e. The Morgan fingerprint density at radius 3 is 2.56 bits per heavy atom. The number of carboxylic acid groups (broad SMARTS) is 2. The van der Waals surface area contributed by atoms with Crippen LogP contribution in [0.5, 0.6) is 0 Å². The summed E-state index contributed by atoms with van der Waals surface area (Å²) in [7, 11) is 0. The van der Waals surface area contributed by atoms with Crippen molar-refractivity contribution >= 4 is 17.8 Å². The highest BCUT2D eigenvalue weighted by atomic mass is 16.4. The number of aromatic nitrogens is 3. The summed E-state index contributed by atoms with van der Waals surface area (Å²) in [6.45, 7) is 0.241. The fraction of sp³-hybridized carbons (Fsp3) is 0.444. The van der Waals surface area contributed by atoms with Gasteiger partial charge in [0.05, 0.1) is 19.2 Å². The second kappa shape index (κ2) is 6.33. The number of nitrogens with one attached hydrogen (secondary N) is 1. The molecular formula is C9H12N4O5. The highest BCUT2D eigenvalue weighted by Gasteiger charge is 2.22. The molecule has 0 saturated carbocycles. The van der Waals surface area contributed by atoms with E-state index in [9.17, 15) is 14.4 Å². The summed E-state index contributed by atoms with van der Waals surface area (Å²) >= 11 is 0. The zero-order valence-electron chi connectivity index (χ0n) is 9.31. The van der Waals surface area contributed by atoms with Crippen molar-refractivity contribution in [1.82, 2.24) is 20.3 Å². The molecule has 1 aromatic heterocycles. The topological polar surface area (TPSA) is 134 Å². The van der Waals surface area contributed by atoms with Crippen LogP contribution < -0.4 is 5.32 Å². The predicted molar refractivity (Wildman–Crippen MR) is 56.5 cm³/mol. The van der Waals surface area contributed by atoms with Gasteiger partial charge in [0.25, 0.3) is 0 Å². The first-order valence-corrected chi connectivity index (χ1v) is 5.07. The summed E-state index contributed by atoms with van der Waals surface area (Å²) in [5, 5.41) is 26.5. The first kappa shape index (κ1) is 13.6. The number of hydrogen-bond donors (Lipinski definition) is 3. The van der Waals surface area contributed by atoms with E-state index < -0.39 is 30.3 Å². The van der Waals surface area contributed by atoms with E-state index in [1.165, 1.54) is 10.9 Å². The molecule has 0 aliphatic carbocycles. The highest BCUT2D eigenvalue weighted by Crippen LogP contribution is 1.95. The Labute approximate surface area is 101 Å². The van der Waals surface area contributed by atoms with Crippen molar-refractivity contribution in [2.24, 2.45) is 0 Å². The Morgan fingerprint density at radius 1 is 1.33 bits per heavy atom. The highest BCUT2D eigenvalue weighted by molar-refractivity contribution is 5.86. The Kier molecular flexibility index (Phi) is 4.78. The lowest BCUT2D eigenvalue weighted by molar-refractivity contribution is -0.147. The van der Waals surface area contributed by atoms with Gasteiger partial charge in [-0.3, -0.25) is 14.3 Å². The molecule has 0 bridgehead atoms. The lowest BCUT2D eigenvalue weighted by Gasteiger charge is -2.12. The van der Waals surface area contributed by atoms with Crippen LogP contribution >= 0.6 is 0 Å². The second-order valence-electron chi connectivity index (χ2n) is 3.47. The molecule has 9 heteroatoms. The standard InChI is InChI=1S/C9H12N4O5/c14-7(1-3-13-4-2-10-12-13)11-6(9(17)18)5-8(15)16/h2,4,6H,1,3,5H2,(H,11,14)(H,15,16)(H,17,18)/t6-/m1/s1. The molecule has 1 rings (SSSR count). The van der Waals surface area contributed by atoms with Crippen LogP contribution in [0.3, 0.4) is 0 Å². The van der Waals surface area contributed by atoms with Gasteiger partial charge in [0.1, 0.15) is 6.04 Å².